The molecule has 6 rings (SSSR count). The van der Waals surface area contributed by atoms with Gasteiger partial charge in [-0.05, 0) is 43.4 Å². The van der Waals surface area contributed by atoms with E-state index in [1.54, 1.807) is 11.6 Å². The van der Waals surface area contributed by atoms with Crippen molar-refractivity contribution in [2.75, 3.05) is 19.0 Å². The normalized spacial score (nSPS) is 26.3. The first-order valence-corrected chi connectivity index (χ1v) is 9.48. The lowest BCUT2D eigenvalue weighted by atomic mass is 9.58. The number of fused-ring (bicyclic) bond motifs is 2. The molecule has 140 valence electrons. The highest BCUT2D eigenvalue weighted by Crippen LogP contribution is 2.64. The molecular weight excluding hydrogens is 342 g/mol. The number of hydrogen-bond donors (Lipinski definition) is 1. The molecule has 7 nitrogen and oxygen atoms in total. The Kier molecular flexibility index (Phi) is 3.79. The fourth-order valence-corrected chi connectivity index (χ4v) is 5.14. The maximum absolute atomic E-state index is 13.1. The van der Waals surface area contributed by atoms with Gasteiger partial charge in [-0.15, -0.1) is 0 Å². The van der Waals surface area contributed by atoms with E-state index in [1.807, 2.05) is 41.3 Å². The SMILES string of the molecule is COCCn1nccc1C12CCC(C1)C2C(=O)Nc1cc2ccccn2n1. The summed E-state index contributed by atoms with van der Waals surface area (Å²) in [6.07, 6.45) is 6.92. The molecule has 0 aromatic carbocycles. The number of amides is 1. The van der Waals surface area contributed by atoms with E-state index in [4.69, 9.17) is 4.74 Å². The van der Waals surface area contributed by atoms with Crippen molar-refractivity contribution in [3.63, 3.8) is 0 Å². The van der Waals surface area contributed by atoms with E-state index in [2.05, 4.69) is 21.6 Å². The van der Waals surface area contributed by atoms with Gasteiger partial charge in [0.05, 0.1) is 24.6 Å². The second-order valence-corrected chi connectivity index (χ2v) is 7.66. The molecule has 1 amide bonds. The van der Waals surface area contributed by atoms with Crippen LogP contribution in [-0.2, 0) is 21.5 Å². The van der Waals surface area contributed by atoms with Crippen molar-refractivity contribution in [3.8, 4) is 0 Å². The standard InChI is InChI=1S/C20H23N5O2/c1-27-11-10-25-16(6-8-21-25)20-7-5-14(13-20)18(20)19(26)22-17-12-15-4-2-3-9-24(15)23-17/h2-4,6,8-9,12,14,18H,5,7,10-11,13H2,1H3,(H,22,23,26). The molecule has 3 heterocycles. The van der Waals surface area contributed by atoms with Crippen molar-refractivity contribution in [2.45, 2.75) is 31.2 Å². The second kappa shape index (κ2) is 6.20. The molecule has 7 heteroatoms. The van der Waals surface area contributed by atoms with Crippen LogP contribution < -0.4 is 5.32 Å². The molecule has 0 saturated heterocycles. The van der Waals surface area contributed by atoms with Crippen LogP contribution in [0.3, 0.4) is 0 Å². The van der Waals surface area contributed by atoms with Crippen LogP contribution in [0.25, 0.3) is 5.52 Å². The Labute approximate surface area is 157 Å². The number of aromatic nitrogens is 4. The highest BCUT2D eigenvalue weighted by Gasteiger charge is 2.63. The summed E-state index contributed by atoms with van der Waals surface area (Å²) in [5, 5.41) is 12.0. The van der Waals surface area contributed by atoms with Crippen molar-refractivity contribution in [1.29, 1.82) is 0 Å². The zero-order valence-corrected chi connectivity index (χ0v) is 15.3. The highest BCUT2D eigenvalue weighted by molar-refractivity contribution is 5.94. The van der Waals surface area contributed by atoms with Crippen LogP contribution in [0.15, 0.2) is 42.7 Å². The van der Waals surface area contributed by atoms with Crippen LogP contribution >= 0.6 is 0 Å². The van der Waals surface area contributed by atoms with E-state index in [0.717, 1.165) is 24.8 Å². The van der Waals surface area contributed by atoms with E-state index >= 15 is 0 Å². The minimum Gasteiger partial charge on any atom is -0.383 e. The van der Waals surface area contributed by atoms with Gasteiger partial charge in [-0.2, -0.15) is 10.2 Å². The Hall–Kier alpha value is -2.67. The fourth-order valence-electron chi connectivity index (χ4n) is 5.14. The molecule has 0 radical (unpaired) electrons. The Balaban J connectivity index is 1.40. The smallest absolute Gasteiger partial charge is 0.229 e. The summed E-state index contributed by atoms with van der Waals surface area (Å²) in [6, 6.07) is 9.85. The monoisotopic (exact) mass is 365 g/mol. The summed E-state index contributed by atoms with van der Waals surface area (Å²) in [4.78, 5) is 13.1. The molecule has 0 aliphatic heterocycles. The number of pyridine rings is 1. The number of nitrogens with zero attached hydrogens (tertiary/aromatic N) is 4. The zero-order valence-electron chi connectivity index (χ0n) is 15.3. The minimum atomic E-state index is -0.0991. The number of rotatable bonds is 6. The molecule has 3 fully saturated rings. The van der Waals surface area contributed by atoms with Gasteiger partial charge in [0.25, 0.3) is 0 Å². The highest BCUT2D eigenvalue weighted by atomic mass is 16.5. The Morgan fingerprint density at radius 2 is 2.33 bits per heavy atom. The third kappa shape index (κ3) is 2.49. The van der Waals surface area contributed by atoms with Gasteiger partial charge < -0.3 is 10.1 Å². The van der Waals surface area contributed by atoms with Crippen LogP contribution in [0.2, 0.25) is 0 Å². The summed E-state index contributed by atoms with van der Waals surface area (Å²) in [5.74, 6) is 1.13. The van der Waals surface area contributed by atoms with Gasteiger partial charge in [-0.25, -0.2) is 4.52 Å². The van der Waals surface area contributed by atoms with Crippen LogP contribution in [0.4, 0.5) is 5.82 Å². The molecule has 3 saturated carbocycles. The average molecular weight is 365 g/mol. The van der Waals surface area contributed by atoms with Crippen molar-refractivity contribution < 1.29 is 9.53 Å². The predicted octanol–water partition coefficient (Wildman–Crippen LogP) is 2.48. The number of anilines is 1. The van der Waals surface area contributed by atoms with Crippen LogP contribution in [-0.4, -0.2) is 39.0 Å². The largest absolute Gasteiger partial charge is 0.383 e. The zero-order chi connectivity index (χ0) is 18.4. The summed E-state index contributed by atoms with van der Waals surface area (Å²) in [5.41, 5.74) is 2.04. The lowest BCUT2D eigenvalue weighted by Gasteiger charge is -2.46. The van der Waals surface area contributed by atoms with Crippen LogP contribution in [0.5, 0.6) is 0 Å². The molecule has 3 aliphatic rings. The molecule has 3 atom stereocenters. The molecule has 3 aromatic heterocycles. The first-order valence-electron chi connectivity index (χ1n) is 9.48. The van der Waals surface area contributed by atoms with E-state index < -0.39 is 0 Å². The van der Waals surface area contributed by atoms with E-state index in [0.29, 0.717) is 24.9 Å². The maximum Gasteiger partial charge on any atom is 0.229 e. The second-order valence-electron chi connectivity index (χ2n) is 7.66. The molecule has 2 bridgehead atoms. The lowest BCUT2D eigenvalue weighted by Crippen LogP contribution is -2.51. The number of hydrogen-bond acceptors (Lipinski definition) is 4. The molecule has 0 spiro atoms. The van der Waals surface area contributed by atoms with Crippen molar-refractivity contribution in [2.24, 2.45) is 11.8 Å². The molecule has 1 N–H and O–H groups in total. The first-order chi connectivity index (χ1) is 13.2. The van der Waals surface area contributed by atoms with Gasteiger partial charge in [0.1, 0.15) is 0 Å². The summed E-state index contributed by atoms with van der Waals surface area (Å²) in [7, 11) is 1.70. The molecule has 3 unspecified atom stereocenters. The molecular formula is C20H23N5O2. The third-order valence-electron chi connectivity index (χ3n) is 6.29. The van der Waals surface area contributed by atoms with E-state index in [-0.39, 0.29) is 17.2 Å². The van der Waals surface area contributed by atoms with Gasteiger partial charge in [-0.1, -0.05) is 6.07 Å². The molecule has 3 aliphatic carbocycles. The minimum absolute atomic E-state index is 0.0136. The number of methoxy groups -OCH3 is 1. The fraction of sp³-hybridized carbons (Fsp3) is 0.450. The Bertz CT molecular complexity index is 956. The van der Waals surface area contributed by atoms with Gasteiger partial charge in [-0.3, -0.25) is 9.48 Å². The third-order valence-corrected chi connectivity index (χ3v) is 6.29. The summed E-state index contributed by atoms with van der Waals surface area (Å²) >= 11 is 0. The Morgan fingerprint density at radius 1 is 1.41 bits per heavy atom. The number of nitrogens with one attached hydrogen (secondary N) is 1. The van der Waals surface area contributed by atoms with Crippen molar-refractivity contribution in [1.82, 2.24) is 19.4 Å². The number of ether oxygens (including phenoxy) is 1. The number of carbonyl (C=O) groups excluding carboxylic acids is 1. The van der Waals surface area contributed by atoms with Gasteiger partial charge >= 0.3 is 0 Å². The summed E-state index contributed by atoms with van der Waals surface area (Å²) < 4.78 is 9.00. The Morgan fingerprint density at radius 3 is 3.15 bits per heavy atom. The quantitative estimate of drug-likeness (QED) is 0.728. The average Bonchev–Trinajstić information content (AvgIpc) is 3.40. The van der Waals surface area contributed by atoms with Gasteiger partial charge in [0.15, 0.2) is 5.82 Å². The number of carbonyl (C=O) groups is 1. The lowest BCUT2D eigenvalue weighted by molar-refractivity contribution is -0.127. The van der Waals surface area contributed by atoms with Gasteiger partial charge in [0.2, 0.25) is 5.91 Å². The topological polar surface area (TPSA) is 73.5 Å². The first kappa shape index (κ1) is 16.5. The van der Waals surface area contributed by atoms with Crippen LogP contribution in [0.1, 0.15) is 25.0 Å². The van der Waals surface area contributed by atoms with Crippen LogP contribution in [0, 0.1) is 11.8 Å². The van der Waals surface area contributed by atoms with E-state index in [9.17, 15) is 4.79 Å². The molecule has 27 heavy (non-hydrogen) atoms. The van der Waals surface area contributed by atoms with Crippen molar-refractivity contribution >= 4 is 17.2 Å². The van der Waals surface area contributed by atoms with Gasteiger partial charge in [0, 0.05) is 36.7 Å². The molecule has 3 aromatic rings. The predicted molar refractivity (Wildman–Crippen MR) is 100 cm³/mol. The summed E-state index contributed by atoms with van der Waals surface area (Å²) in [6.45, 7) is 1.33. The van der Waals surface area contributed by atoms with E-state index in [1.165, 1.54) is 5.69 Å². The van der Waals surface area contributed by atoms with Crippen molar-refractivity contribution in [3.05, 3.63) is 48.4 Å². The maximum atomic E-state index is 13.1.